The van der Waals surface area contributed by atoms with Gasteiger partial charge in [0.2, 0.25) is 0 Å². The first-order valence-corrected chi connectivity index (χ1v) is 5.51. The molecule has 1 aliphatic heterocycles. The van der Waals surface area contributed by atoms with Gasteiger partial charge < -0.3 is 5.73 Å². The number of benzene rings is 1. The van der Waals surface area contributed by atoms with Gasteiger partial charge in [-0.05, 0) is 37.1 Å². The molecule has 2 N–H and O–H groups in total. The Hall–Kier alpha value is -0.930. The first kappa shape index (κ1) is 10.6. The van der Waals surface area contributed by atoms with E-state index in [1.165, 1.54) is 12.5 Å². The third-order valence-corrected chi connectivity index (χ3v) is 3.01. The van der Waals surface area contributed by atoms with Gasteiger partial charge in [-0.1, -0.05) is 12.1 Å². The smallest absolute Gasteiger partial charge is 0.123 e. The number of likely N-dealkylation sites (tertiary alicyclic amines) is 1. The maximum atomic E-state index is 13.1. The van der Waals surface area contributed by atoms with Crippen molar-refractivity contribution in [2.75, 3.05) is 19.6 Å². The molecule has 0 spiro atoms. The average molecular weight is 208 g/mol. The molecule has 0 aliphatic carbocycles. The van der Waals surface area contributed by atoms with E-state index in [2.05, 4.69) is 4.90 Å². The van der Waals surface area contributed by atoms with Crippen molar-refractivity contribution in [3.05, 3.63) is 35.6 Å². The van der Waals surface area contributed by atoms with E-state index in [1.807, 2.05) is 6.07 Å². The lowest BCUT2D eigenvalue weighted by molar-refractivity contribution is 0.264. The van der Waals surface area contributed by atoms with Crippen LogP contribution in [0.15, 0.2) is 24.3 Å². The van der Waals surface area contributed by atoms with Crippen LogP contribution in [-0.4, -0.2) is 24.5 Å². The summed E-state index contributed by atoms with van der Waals surface area (Å²) < 4.78 is 13.1. The first-order valence-electron chi connectivity index (χ1n) is 5.51. The Balaban J connectivity index is 2.15. The molecule has 1 fully saturated rings. The Bertz CT molecular complexity index is 327. The van der Waals surface area contributed by atoms with Crippen molar-refractivity contribution in [2.45, 2.75) is 18.9 Å². The Morgan fingerprint density at radius 3 is 3.07 bits per heavy atom. The Labute approximate surface area is 89.9 Å². The number of hydrogen-bond acceptors (Lipinski definition) is 2. The van der Waals surface area contributed by atoms with Gasteiger partial charge in [-0.3, -0.25) is 4.90 Å². The quantitative estimate of drug-likeness (QED) is 0.822. The number of hydrogen-bond donors (Lipinski definition) is 1. The molecule has 82 valence electrons. The molecule has 0 aromatic heterocycles. The Morgan fingerprint density at radius 1 is 1.47 bits per heavy atom. The van der Waals surface area contributed by atoms with Crippen molar-refractivity contribution in [3.63, 3.8) is 0 Å². The van der Waals surface area contributed by atoms with Crippen LogP contribution in [0.2, 0.25) is 0 Å². The molecule has 1 heterocycles. The summed E-state index contributed by atoms with van der Waals surface area (Å²) in [5.74, 6) is -0.146. The molecule has 0 amide bonds. The third kappa shape index (κ3) is 2.36. The van der Waals surface area contributed by atoms with Crippen LogP contribution in [0.5, 0.6) is 0 Å². The van der Waals surface area contributed by atoms with Crippen molar-refractivity contribution in [1.29, 1.82) is 0 Å². The molecular formula is C12H17FN2. The zero-order chi connectivity index (χ0) is 10.7. The lowest BCUT2D eigenvalue weighted by Gasteiger charge is -2.24. The molecular weight excluding hydrogens is 191 g/mol. The fourth-order valence-corrected chi connectivity index (χ4v) is 2.35. The SMILES string of the molecule is NCCN1CCC[C@H]1c1cccc(F)c1. The van der Waals surface area contributed by atoms with Gasteiger partial charge >= 0.3 is 0 Å². The van der Waals surface area contributed by atoms with Crippen molar-refractivity contribution >= 4 is 0 Å². The highest BCUT2D eigenvalue weighted by atomic mass is 19.1. The van der Waals surface area contributed by atoms with Crippen LogP contribution < -0.4 is 5.73 Å². The molecule has 3 heteroatoms. The molecule has 1 atom stereocenters. The second-order valence-electron chi connectivity index (χ2n) is 4.04. The van der Waals surface area contributed by atoms with Gasteiger partial charge in [0.1, 0.15) is 5.82 Å². The maximum absolute atomic E-state index is 13.1. The molecule has 1 aromatic carbocycles. The minimum atomic E-state index is -0.146. The minimum Gasteiger partial charge on any atom is -0.329 e. The van der Waals surface area contributed by atoms with E-state index in [0.717, 1.165) is 25.1 Å². The fraction of sp³-hybridized carbons (Fsp3) is 0.500. The molecule has 1 aromatic rings. The Morgan fingerprint density at radius 2 is 2.33 bits per heavy atom. The molecule has 2 rings (SSSR count). The van der Waals surface area contributed by atoms with Crippen LogP contribution in [0, 0.1) is 5.82 Å². The molecule has 0 unspecified atom stereocenters. The molecule has 2 nitrogen and oxygen atoms in total. The predicted octanol–water partition coefficient (Wildman–Crippen LogP) is 1.92. The highest BCUT2D eigenvalue weighted by Gasteiger charge is 2.25. The number of nitrogens with two attached hydrogens (primary N) is 1. The van der Waals surface area contributed by atoms with E-state index in [-0.39, 0.29) is 5.82 Å². The van der Waals surface area contributed by atoms with Crippen molar-refractivity contribution in [3.8, 4) is 0 Å². The lowest BCUT2D eigenvalue weighted by Crippen LogP contribution is -2.29. The molecule has 1 aliphatic rings. The fourth-order valence-electron chi connectivity index (χ4n) is 2.35. The average Bonchev–Trinajstić information content (AvgIpc) is 2.66. The highest BCUT2D eigenvalue weighted by Crippen LogP contribution is 2.31. The summed E-state index contributed by atoms with van der Waals surface area (Å²) in [7, 11) is 0. The topological polar surface area (TPSA) is 29.3 Å². The molecule has 1 saturated heterocycles. The highest BCUT2D eigenvalue weighted by molar-refractivity contribution is 5.21. The van der Waals surface area contributed by atoms with Gasteiger partial charge in [0.25, 0.3) is 0 Å². The second-order valence-corrected chi connectivity index (χ2v) is 4.04. The van der Waals surface area contributed by atoms with Crippen LogP contribution in [0.4, 0.5) is 4.39 Å². The monoisotopic (exact) mass is 208 g/mol. The van der Waals surface area contributed by atoms with Crippen LogP contribution in [0.25, 0.3) is 0 Å². The summed E-state index contributed by atoms with van der Waals surface area (Å²) in [5.41, 5.74) is 6.65. The standard InChI is InChI=1S/C12H17FN2/c13-11-4-1-3-10(9-11)12-5-2-7-15(12)8-6-14/h1,3-4,9,12H,2,5-8,14H2/t12-/m0/s1. The largest absolute Gasteiger partial charge is 0.329 e. The van der Waals surface area contributed by atoms with E-state index < -0.39 is 0 Å². The number of nitrogens with zero attached hydrogens (tertiary/aromatic N) is 1. The third-order valence-electron chi connectivity index (χ3n) is 3.01. The second kappa shape index (κ2) is 4.73. The summed E-state index contributed by atoms with van der Waals surface area (Å²) in [6, 6.07) is 7.28. The number of halogens is 1. The molecule has 0 saturated carbocycles. The number of rotatable bonds is 3. The van der Waals surface area contributed by atoms with Crippen molar-refractivity contribution in [1.82, 2.24) is 4.90 Å². The van der Waals surface area contributed by atoms with Crippen molar-refractivity contribution in [2.24, 2.45) is 5.73 Å². The van der Waals surface area contributed by atoms with Crippen LogP contribution in [0.3, 0.4) is 0 Å². The predicted molar refractivity (Wildman–Crippen MR) is 59.0 cm³/mol. The zero-order valence-electron chi connectivity index (χ0n) is 8.82. The minimum absolute atomic E-state index is 0.146. The maximum Gasteiger partial charge on any atom is 0.123 e. The van der Waals surface area contributed by atoms with Crippen LogP contribution >= 0.6 is 0 Å². The molecule has 0 radical (unpaired) electrons. The Kier molecular flexibility index (Phi) is 3.34. The van der Waals surface area contributed by atoms with Gasteiger partial charge in [0, 0.05) is 19.1 Å². The van der Waals surface area contributed by atoms with E-state index in [0.29, 0.717) is 12.6 Å². The van der Waals surface area contributed by atoms with Crippen LogP contribution in [-0.2, 0) is 0 Å². The summed E-state index contributed by atoms with van der Waals surface area (Å²) in [6.07, 6.45) is 2.30. The lowest BCUT2D eigenvalue weighted by atomic mass is 10.0. The van der Waals surface area contributed by atoms with Gasteiger partial charge in [0.05, 0.1) is 0 Å². The summed E-state index contributed by atoms with van der Waals surface area (Å²) >= 11 is 0. The van der Waals surface area contributed by atoms with E-state index >= 15 is 0 Å². The summed E-state index contributed by atoms with van der Waals surface area (Å²) in [4.78, 5) is 2.34. The molecule has 0 bridgehead atoms. The van der Waals surface area contributed by atoms with Gasteiger partial charge in [-0.15, -0.1) is 0 Å². The van der Waals surface area contributed by atoms with Gasteiger partial charge in [0.15, 0.2) is 0 Å². The van der Waals surface area contributed by atoms with Crippen LogP contribution in [0.1, 0.15) is 24.4 Å². The summed E-state index contributed by atoms with van der Waals surface area (Å²) in [6.45, 7) is 2.66. The van der Waals surface area contributed by atoms with E-state index in [9.17, 15) is 4.39 Å². The zero-order valence-corrected chi connectivity index (χ0v) is 8.82. The first-order chi connectivity index (χ1) is 7.31. The molecule has 15 heavy (non-hydrogen) atoms. The summed E-state index contributed by atoms with van der Waals surface area (Å²) in [5, 5.41) is 0. The normalized spacial score (nSPS) is 22.1. The van der Waals surface area contributed by atoms with Crippen molar-refractivity contribution < 1.29 is 4.39 Å². The van der Waals surface area contributed by atoms with E-state index in [1.54, 1.807) is 12.1 Å². The van der Waals surface area contributed by atoms with Gasteiger partial charge in [-0.2, -0.15) is 0 Å². The van der Waals surface area contributed by atoms with E-state index in [4.69, 9.17) is 5.73 Å². The van der Waals surface area contributed by atoms with Gasteiger partial charge in [-0.25, -0.2) is 4.39 Å².